The molecule has 162 valence electrons. The highest BCUT2D eigenvalue weighted by Gasteiger charge is 2.14. The molecule has 7 heteroatoms. The molecule has 0 N–H and O–H groups in total. The summed E-state index contributed by atoms with van der Waals surface area (Å²) in [6.45, 7) is 0. The molecule has 7 nitrogen and oxygen atoms in total. The molecule has 1 aromatic heterocycles. The van der Waals surface area contributed by atoms with Crippen LogP contribution in [-0.2, 0) is 0 Å². The summed E-state index contributed by atoms with van der Waals surface area (Å²) >= 11 is 0. The summed E-state index contributed by atoms with van der Waals surface area (Å²) in [6.07, 6.45) is 0. The lowest BCUT2D eigenvalue weighted by Gasteiger charge is -2.10. The van der Waals surface area contributed by atoms with E-state index in [0.29, 0.717) is 44.9 Å². The van der Waals surface area contributed by atoms with Gasteiger partial charge in [-0.25, -0.2) is 9.59 Å². The fourth-order valence-corrected chi connectivity index (χ4v) is 3.26. The van der Waals surface area contributed by atoms with Gasteiger partial charge >= 0.3 is 11.6 Å². The smallest absolute Gasteiger partial charge is 0.344 e. The lowest BCUT2D eigenvalue weighted by molar-refractivity contribution is 0.0734. The molecule has 0 aliphatic heterocycles. The first-order valence-electron chi connectivity index (χ1n) is 9.69. The van der Waals surface area contributed by atoms with Crippen molar-refractivity contribution in [2.75, 3.05) is 21.3 Å². The number of hydrogen-bond donors (Lipinski definition) is 0. The van der Waals surface area contributed by atoms with Crippen molar-refractivity contribution in [3.05, 3.63) is 82.7 Å². The molecular formula is C25H20O7. The fraction of sp³-hybridized carbons (Fsp3) is 0.120. The van der Waals surface area contributed by atoms with Gasteiger partial charge in [-0.3, -0.25) is 0 Å². The second-order valence-corrected chi connectivity index (χ2v) is 6.83. The van der Waals surface area contributed by atoms with E-state index in [1.807, 2.05) is 0 Å². The predicted molar refractivity (Wildman–Crippen MR) is 119 cm³/mol. The lowest BCUT2D eigenvalue weighted by Crippen LogP contribution is -2.09. The van der Waals surface area contributed by atoms with Crippen LogP contribution in [0.15, 0.2) is 75.9 Å². The Hall–Kier alpha value is -4.26. The number of carbonyl (C=O) groups excluding carboxylic acids is 1. The summed E-state index contributed by atoms with van der Waals surface area (Å²) in [5.41, 5.74) is 1.25. The Labute approximate surface area is 183 Å². The first kappa shape index (κ1) is 21.0. The molecule has 1 heterocycles. The Balaban J connectivity index is 1.61. The van der Waals surface area contributed by atoms with Gasteiger partial charge < -0.3 is 23.4 Å². The van der Waals surface area contributed by atoms with E-state index < -0.39 is 11.6 Å². The highest BCUT2D eigenvalue weighted by Crippen LogP contribution is 2.29. The molecule has 0 saturated heterocycles. The molecule has 0 atom stereocenters. The van der Waals surface area contributed by atoms with Gasteiger partial charge in [0, 0.05) is 11.5 Å². The van der Waals surface area contributed by atoms with Crippen LogP contribution in [0, 0.1) is 0 Å². The number of rotatable bonds is 6. The summed E-state index contributed by atoms with van der Waals surface area (Å²) in [5, 5.41) is 0.696. The molecule has 3 aromatic carbocycles. The quantitative estimate of drug-likeness (QED) is 0.248. The van der Waals surface area contributed by atoms with Gasteiger partial charge in [0.05, 0.1) is 32.5 Å². The third-order valence-corrected chi connectivity index (χ3v) is 4.94. The van der Waals surface area contributed by atoms with Crippen LogP contribution in [0.2, 0.25) is 0 Å². The Bertz CT molecular complexity index is 1340. The Kier molecular flexibility index (Phi) is 5.81. The molecule has 0 bridgehead atoms. The van der Waals surface area contributed by atoms with Crippen molar-refractivity contribution in [3.63, 3.8) is 0 Å². The normalized spacial score (nSPS) is 10.6. The summed E-state index contributed by atoms with van der Waals surface area (Å²) in [7, 11) is 4.58. The Morgan fingerprint density at radius 2 is 1.47 bits per heavy atom. The molecule has 0 aliphatic rings. The number of hydrogen-bond acceptors (Lipinski definition) is 7. The van der Waals surface area contributed by atoms with E-state index in [1.165, 1.54) is 26.4 Å². The highest BCUT2D eigenvalue weighted by atomic mass is 16.5. The topological polar surface area (TPSA) is 84.2 Å². The third kappa shape index (κ3) is 4.13. The van der Waals surface area contributed by atoms with Crippen LogP contribution in [0.5, 0.6) is 23.0 Å². The second kappa shape index (κ2) is 8.85. The van der Waals surface area contributed by atoms with E-state index in [-0.39, 0.29) is 5.75 Å². The third-order valence-electron chi connectivity index (χ3n) is 4.94. The summed E-state index contributed by atoms with van der Waals surface area (Å²) in [5.74, 6) is 1.28. The van der Waals surface area contributed by atoms with Gasteiger partial charge in [0.1, 0.15) is 17.1 Å². The molecule has 0 fully saturated rings. The van der Waals surface area contributed by atoms with Crippen LogP contribution < -0.4 is 24.6 Å². The largest absolute Gasteiger partial charge is 0.497 e. The van der Waals surface area contributed by atoms with Gasteiger partial charge in [0.15, 0.2) is 11.5 Å². The zero-order valence-corrected chi connectivity index (χ0v) is 17.7. The van der Waals surface area contributed by atoms with E-state index in [4.69, 9.17) is 23.4 Å². The summed E-state index contributed by atoms with van der Waals surface area (Å²) in [4.78, 5) is 25.1. The number of benzene rings is 3. The summed E-state index contributed by atoms with van der Waals surface area (Å²) in [6, 6.07) is 18.5. The molecule has 0 amide bonds. The molecular weight excluding hydrogens is 412 g/mol. The van der Waals surface area contributed by atoms with Crippen LogP contribution in [0.1, 0.15) is 10.4 Å². The van der Waals surface area contributed by atoms with E-state index in [1.54, 1.807) is 61.7 Å². The average Bonchev–Trinajstić information content (AvgIpc) is 2.83. The molecule has 0 aliphatic carbocycles. The maximum atomic E-state index is 12.6. The SMILES string of the molecule is COc1ccc(-c2cc3ccc(OC(=O)c4ccc(OC)c(OC)c4)cc3oc2=O)cc1. The van der Waals surface area contributed by atoms with Gasteiger partial charge in [0.25, 0.3) is 0 Å². The number of fused-ring (bicyclic) bond motifs is 1. The second-order valence-electron chi connectivity index (χ2n) is 6.83. The number of carbonyl (C=O) groups is 1. The molecule has 4 rings (SSSR count). The molecule has 0 saturated carbocycles. The van der Waals surface area contributed by atoms with Crippen molar-refractivity contribution < 1.29 is 28.2 Å². The summed E-state index contributed by atoms with van der Waals surface area (Å²) < 4.78 is 26.5. The Morgan fingerprint density at radius 1 is 0.750 bits per heavy atom. The van der Waals surface area contributed by atoms with Crippen LogP contribution in [0.3, 0.4) is 0 Å². The standard InChI is InChI=1S/C25H20O7/c1-28-18-8-4-15(5-9-18)20-12-16-6-10-19(14-22(16)32-25(20)27)31-24(26)17-7-11-21(29-2)23(13-17)30-3/h4-14H,1-3H3. The van der Waals surface area contributed by atoms with Crippen molar-refractivity contribution in [1.29, 1.82) is 0 Å². The number of methoxy groups -OCH3 is 3. The van der Waals surface area contributed by atoms with Crippen LogP contribution in [0.25, 0.3) is 22.1 Å². The van der Waals surface area contributed by atoms with Crippen LogP contribution in [0.4, 0.5) is 0 Å². The predicted octanol–water partition coefficient (Wildman–Crippen LogP) is 4.71. The zero-order chi connectivity index (χ0) is 22.7. The van der Waals surface area contributed by atoms with Crippen molar-refractivity contribution in [1.82, 2.24) is 0 Å². The maximum absolute atomic E-state index is 12.6. The van der Waals surface area contributed by atoms with E-state index in [9.17, 15) is 9.59 Å². The van der Waals surface area contributed by atoms with E-state index in [0.717, 1.165) is 0 Å². The van der Waals surface area contributed by atoms with Crippen molar-refractivity contribution >= 4 is 16.9 Å². The van der Waals surface area contributed by atoms with Gasteiger partial charge in [0.2, 0.25) is 0 Å². The molecule has 32 heavy (non-hydrogen) atoms. The van der Waals surface area contributed by atoms with Crippen LogP contribution >= 0.6 is 0 Å². The maximum Gasteiger partial charge on any atom is 0.344 e. The minimum atomic E-state index is -0.581. The van der Waals surface area contributed by atoms with Crippen molar-refractivity contribution in [3.8, 4) is 34.1 Å². The first-order valence-corrected chi connectivity index (χ1v) is 9.69. The molecule has 0 spiro atoms. The fourth-order valence-electron chi connectivity index (χ4n) is 3.26. The van der Waals surface area contributed by atoms with E-state index in [2.05, 4.69) is 0 Å². The van der Waals surface area contributed by atoms with Crippen LogP contribution in [-0.4, -0.2) is 27.3 Å². The monoisotopic (exact) mass is 432 g/mol. The first-order chi connectivity index (χ1) is 15.5. The average molecular weight is 432 g/mol. The Morgan fingerprint density at radius 3 is 2.16 bits per heavy atom. The van der Waals surface area contributed by atoms with Crippen molar-refractivity contribution in [2.24, 2.45) is 0 Å². The molecule has 0 radical (unpaired) electrons. The molecule has 4 aromatic rings. The number of ether oxygens (including phenoxy) is 4. The minimum Gasteiger partial charge on any atom is -0.497 e. The highest BCUT2D eigenvalue weighted by molar-refractivity contribution is 5.92. The minimum absolute atomic E-state index is 0.248. The zero-order valence-electron chi connectivity index (χ0n) is 17.7. The van der Waals surface area contributed by atoms with Gasteiger partial charge in [-0.05, 0) is 54.1 Å². The van der Waals surface area contributed by atoms with Gasteiger partial charge in [-0.15, -0.1) is 0 Å². The number of esters is 1. The van der Waals surface area contributed by atoms with E-state index >= 15 is 0 Å². The molecule has 0 unspecified atom stereocenters. The van der Waals surface area contributed by atoms with Crippen molar-refractivity contribution in [2.45, 2.75) is 0 Å². The van der Waals surface area contributed by atoms with Gasteiger partial charge in [-0.1, -0.05) is 12.1 Å². The lowest BCUT2D eigenvalue weighted by atomic mass is 10.1. The van der Waals surface area contributed by atoms with Gasteiger partial charge in [-0.2, -0.15) is 0 Å².